The zero-order valence-corrected chi connectivity index (χ0v) is 9.44. The van der Waals surface area contributed by atoms with E-state index in [4.69, 9.17) is 10.8 Å². The van der Waals surface area contributed by atoms with Crippen LogP contribution in [-0.2, 0) is 11.2 Å². The van der Waals surface area contributed by atoms with Crippen LogP contribution in [0, 0.1) is 0 Å². The molecule has 4 N–H and O–H groups in total. The van der Waals surface area contributed by atoms with Gasteiger partial charge in [-0.2, -0.15) is 0 Å². The maximum atomic E-state index is 11.4. The maximum Gasteiger partial charge on any atom is 0.220 e. The number of aryl methyl sites for hydroxylation is 1. The second kappa shape index (κ2) is 6.12. The van der Waals surface area contributed by atoms with Crippen LogP contribution in [0.25, 0.3) is 0 Å². The number of amides is 1. The van der Waals surface area contributed by atoms with E-state index in [1.807, 2.05) is 24.3 Å². The summed E-state index contributed by atoms with van der Waals surface area (Å²) in [5, 5.41) is 11.6. The van der Waals surface area contributed by atoms with Gasteiger partial charge < -0.3 is 16.2 Å². The number of carbonyl (C=O) groups is 1. The van der Waals surface area contributed by atoms with Crippen molar-refractivity contribution in [1.82, 2.24) is 5.32 Å². The monoisotopic (exact) mass is 222 g/mol. The molecule has 4 nitrogen and oxygen atoms in total. The lowest BCUT2D eigenvalue weighted by Crippen LogP contribution is -2.30. The molecule has 0 aromatic heterocycles. The fourth-order valence-electron chi connectivity index (χ4n) is 1.36. The number of rotatable bonds is 5. The molecular formula is C12H18N2O2. The van der Waals surface area contributed by atoms with E-state index in [2.05, 4.69) is 5.32 Å². The Balaban J connectivity index is 2.31. The molecule has 0 fully saturated rings. The summed E-state index contributed by atoms with van der Waals surface area (Å²) in [7, 11) is 0. The lowest BCUT2D eigenvalue weighted by atomic mass is 10.1. The Hall–Kier alpha value is -1.55. The van der Waals surface area contributed by atoms with Crippen molar-refractivity contribution in [3.63, 3.8) is 0 Å². The predicted octanol–water partition coefficient (Wildman–Crippen LogP) is 0.698. The van der Waals surface area contributed by atoms with Crippen molar-refractivity contribution in [2.45, 2.75) is 25.9 Å². The number of hydrogen-bond acceptors (Lipinski definition) is 3. The molecule has 1 rings (SSSR count). The Bertz CT molecular complexity index is 351. The van der Waals surface area contributed by atoms with Gasteiger partial charge in [-0.1, -0.05) is 12.1 Å². The summed E-state index contributed by atoms with van der Waals surface area (Å²) in [6.45, 7) is 1.94. The molecule has 0 saturated carbocycles. The molecule has 0 bridgehead atoms. The molecular weight excluding hydrogens is 204 g/mol. The number of anilines is 1. The third kappa shape index (κ3) is 4.79. The average molecular weight is 222 g/mol. The first kappa shape index (κ1) is 12.5. The van der Waals surface area contributed by atoms with E-state index in [1.54, 1.807) is 6.92 Å². The number of nitrogen functional groups attached to an aromatic ring is 1. The van der Waals surface area contributed by atoms with Crippen molar-refractivity contribution >= 4 is 11.6 Å². The maximum absolute atomic E-state index is 11.4. The standard InChI is InChI=1S/C12H18N2O2/c1-9(15)8-14-12(16)6-5-10-3-2-4-11(13)7-10/h2-4,7,9,15H,5-6,8,13H2,1H3,(H,14,16). The van der Waals surface area contributed by atoms with Gasteiger partial charge >= 0.3 is 0 Å². The first-order valence-electron chi connectivity index (χ1n) is 5.37. The van der Waals surface area contributed by atoms with Gasteiger partial charge in [0, 0.05) is 18.7 Å². The zero-order valence-electron chi connectivity index (χ0n) is 9.44. The van der Waals surface area contributed by atoms with Crippen LogP contribution in [0.5, 0.6) is 0 Å². The predicted molar refractivity (Wildman–Crippen MR) is 63.9 cm³/mol. The quantitative estimate of drug-likeness (QED) is 0.642. The molecule has 1 aromatic rings. The van der Waals surface area contributed by atoms with Crippen LogP contribution < -0.4 is 11.1 Å². The fourth-order valence-corrected chi connectivity index (χ4v) is 1.36. The molecule has 1 aromatic carbocycles. The van der Waals surface area contributed by atoms with Crippen LogP contribution in [-0.4, -0.2) is 23.7 Å². The Morgan fingerprint density at radius 2 is 2.31 bits per heavy atom. The normalized spacial score (nSPS) is 12.1. The van der Waals surface area contributed by atoms with Gasteiger partial charge in [0.15, 0.2) is 0 Å². The number of nitrogens with one attached hydrogen (secondary N) is 1. The lowest BCUT2D eigenvalue weighted by molar-refractivity contribution is -0.121. The highest BCUT2D eigenvalue weighted by Gasteiger charge is 2.03. The lowest BCUT2D eigenvalue weighted by Gasteiger charge is -2.07. The summed E-state index contributed by atoms with van der Waals surface area (Å²) in [6, 6.07) is 7.50. The highest BCUT2D eigenvalue weighted by molar-refractivity contribution is 5.76. The van der Waals surface area contributed by atoms with Crippen molar-refractivity contribution < 1.29 is 9.90 Å². The van der Waals surface area contributed by atoms with Gasteiger partial charge in [0.2, 0.25) is 5.91 Å². The van der Waals surface area contributed by atoms with Crippen molar-refractivity contribution in [3.05, 3.63) is 29.8 Å². The van der Waals surface area contributed by atoms with Crippen LogP contribution in [0.15, 0.2) is 24.3 Å². The van der Waals surface area contributed by atoms with Crippen LogP contribution in [0.2, 0.25) is 0 Å². The molecule has 0 aliphatic heterocycles. The Morgan fingerprint density at radius 3 is 2.94 bits per heavy atom. The second-order valence-electron chi connectivity index (χ2n) is 3.90. The fraction of sp³-hybridized carbons (Fsp3) is 0.417. The summed E-state index contributed by atoms with van der Waals surface area (Å²) in [4.78, 5) is 11.4. The smallest absolute Gasteiger partial charge is 0.220 e. The molecule has 0 aliphatic carbocycles. The molecule has 0 heterocycles. The second-order valence-corrected chi connectivity index (χ2v) is 3.90. The SMILES string of the molecule is CC(O)CNC(=O)CCc1cccc(N)c1. The van der Waals surface area contributed by atoms with Gasteiger partial charge in [-0.15, -0.1) is 0 Å². The summed E-state index contributed by atoms with van der Waals surface area (Å²) in [6.07, 6.45) is 0.573. The molecule has 0 spiro atoms. The average Bonchev–Trinajstić information content (AvgIpc) is 2.23. The number of carbonyl (C=O) groups excluding carboxylic acids is 1. The summed E-state index contributed by atoms with van der Waals surface area (Å²) < 4.78 is 0. The molecule has 1 unspecified atom stereocenters. The topological polar surface area (TPSA) is 75.3 Å². The van der Waals surface area contributed by atoms with Gasteiger partial charge in [0.1, 0.15) is 0 Å². The molecule has 16 heavy (non-hydrogen) atoms. The highest BCUT2D eigenvalue weighted by Crippen LogP contribution is 2.08. The highest BCUT2D eigenvalue weighted by atomic mass is 16.3. The summed E-state index contributed by atoms with van der Waals surface area (Å²) >= 11 is 0. The van der Waals surface area contributed by atoms with Crippen LogP contribution in [0.1, 0.15) is 18.9 Å². The molecule has 1 atom stereocenters. The summed E-state index contributed by atoms with van der Waals surface area (Å²) in [5.74, 6) is -0.0525. The van der Waals surface area contributed by atoms with E-state index in [9.17, 15) is 4.79 Å². The molecule has 4 heteroatoms. The van der Waals surface area contributed by atoms with Crippen molar-refractivity contribution in [2.24, 2.45) is 0 Å². The van der Waals surface area contributed by atoms with Crippen molar-refractivity contribution in [1.29, 1.82) is 0 Å². The van der Waals surface area contributed by atoms with Crippen LogP contribution in [0.3, 0.4) is 0 Å². The first-order valence-corrected chi connectivity index (χ1v) is 5.37. The van der Waals surface area contributed by atoms with E-state index >= 15 is 0 Å². The molecule has 0 saturated heterocycles. The molecule has 0 aliphatic rings. The molecule has 88 valence electrons. The third-order valence-electron chi connectivity index (χ3n) is 2.19. The number of hydrogen-bond donors (Lipinski definition) is 3. The summed E-state index contributed by atoms with van der Waals surface area (Å²) in [5.41, 5.74) is 7.39. The number of aliphatic hydroxyl groups is 1. The van der Waals surface area contributed by atoms with Crippen molar-refractivity contribution in [3.8, 4) is 0 Å². The first-order chi connectivity index (χ1) is 7.58. The van der Waals surface area contributed by atoms with Gasteiger partial charge in [-0.3, -0.25) is 4.79 Å². The minimum Gasteiger partial charge on any atom is -0.399 e. The zero-order chi connectivity index (χ0) is 12.0. The molecule has 1 amide bonds. The van der Waals surface area contributed by atoms with E-state index < -0.39 is 6.10 Å². The third-order valence-corrected chi connectivity index (χ3v) is 2.19. The van der Waals surface area contributed by atoms with E-state index in [0.29, 0.717) is 25.1 Å². The van der Waals surface area contributed by atoms with Gasteiger partial charge in [-0.05, 0) is 31.0 Å². The van der Waals surface area contributed by atoms with Crippen LogP contribution in [0.4, 0.5) is 5.69 Å². The number of aliphatic hydroxyl groups excluding tert-OH is 1. The number of nitrogens with two attached hydrogens (primary N) is 1. The van der Waals surface area contributed by atoms with Gasteiger partial charge in [0.25, 0.3) is 0 Å². The Morgan fingerprint density at radius 1 is 1.56 bits per heavy atom. The van der Waals surface area contributed by atoms with Crippen LogP contribution >= 0.6 is 0 Å². The Kier molecular flexibility index (Phi) is 4.79. The van der Waals surface area contributed by atoms with Gasteiger partial charge in [0.05, 0.1) is 6.10 Å². The number of benzene rings is 1. The van der Waals surface area contributed by atoms with E-state index in [0.717, 1.165) is 5.56 Å². The van der Waals surface area contributed by atoms with E-state index in [-0.39, 0.29) is 5.91 Å². The minimum atomic E-state index is -0.503. The largest absolute Gasteiger partial charge is 0.399 e. The van der Waals surface area contributed by atoms with Gasteiger partial charge in [-0.25, -0.2) is 0 Å². The molecule has 0 radical (unpaired) electrons. The van der Waals surface area contributed by atoms with Crippen molar-refractivity contribution in [2.75, 3.05) is 12.3 Å². The Labute approximate surface area is 95.5 Å². The minimum absolute atomic E-state index is 0.0525. The van der Waals surface area contributed by atoms with E-state index in [1.165, 1.54) is 0 Å².